The van der Waals surface area contributed by atoms with E-state index in [0.717, 1.165) is 22.7 Å². The third-order valence-electron chi connectivity index (χ3n) is 6.17. The monoisotopic (exact) mass is 499 g/mol. The van der Waals surface area contributed by atoms with Gasteiger partial charge in [-0.3, -0.25) is 4.79 Å². The Balaban J connectivity index is 1.41. The number of carbonyl (C=O) groups is 1. The van der Waals surface area contributed by atoms with Crippen molar-refractivity contribution in [3.05, 3.63) is 65.2 Å². The van der Waals surface area contributed by atoms with Gasteiger partial charge in [-0.05, 0) is 49.6 Å². The van der Waals surface area contributed by atoms with Crippen LogP contribution in [0.5, 0.6) is 0 Å². The number of carbonyl (C=O) groups excluding carboxylic acids is 1. The largest absolute Gasteiger partial charge is 0.416 e. The van der Waals surface area contributed by atoms with Crippen LogP contribution in [0.4, 0.5) is 18.9 Å². The summed E-state index contributed by atoms with van der Waals surface area (Å²) in [5.74, 6) is -0.123. The maximum Gasteiger partial charge on any atom is 0.416 e. The second-order valence-corrected chi connectivity index (χ2v) is 9.73. The molecule has 0 unspecified atom stereocenters. The van der Waals surface area contributed by atoms with E-state index in [2.05, 4.69) is 5.10 Å². The van der Waals surface area contributed by atoms with Crippen molar-refractivity contribution in [1.29, 1.82) is 0 Å². The van der Waals surface area contributed by atoms with Crippen LogP contribution >= 0.6 is 11.3 Å². The minimum atomic E-state index is -4.39. The van der Waals surface area contributed by atoms with Gasteiger partial charge in [-0.2, -0.15) is 18.3 Å². The van der Waals surface area contributed by atoms with E-state index >= 15 is 0 Å². The Kier molecular flexibility index (Phi) is 6.00. The first-order valence-corrected chi connectivity index (χ1v) is 12.2. The second kappa shape index (κ2) is 8.99. The van der Waals surface area contributed by atoms with Gasteiger partial charge >= 0.3 is 6.18 Å². The Labute approximate surface area is 204 Å². The Bertz CT molecular complexity index is 1360. The molecule has 10 heteroatoms. The minimum Gasteiger partial charge on any atom is -0.368 e. The van der Waals surface area contributed by atoms with Crippen LogP contribution in [0.2, 0.25) is 0 Å². The number of aromatic nitrogens is 3. The first-order chi connectivity index (χ1) is 16.7. The molecule has 0 atom stereocenters. The third kappa shape index (κ3) is 4.50. The Morgan fingerprint density at radius 3 is 2.49 bits per heavy atom. The highest BCUT2D eigenvalue weighted by atomic mass is 32.1. The molecular formula is C25H24F3N5OS. The van der Waals surface area contributed by atoms with E-state index in [1.165, 1.54) is 6.07 Å². The summed E-state index contributed by atoms with van der Waals surface area (Å²) >= 11 is 1.55. The molecule has 182 valence electrons. The van der Waals surface area contributed by atoms with Crippen molar-refractivity contribution < 1.29 is 18.0 Å². The smallest absolute Gasteiger partial charge is 0.368 e. The summed E-state index contributed by atoms with van der Waals surface area (Å²) in [4.78, 5) is 23.0. The number of piperazine rings is 1. The summed E-state index contributed by atoms with van der Waals surface area (Å²) in [5.41, 5.74) is 1.77. The van der Waals surface area contributed by atoms with Crippen molar-refractivity contribution in [3.8, 4) is 10.6 Å². The lowest BCUT2D eigenvalue weighted by Crippen LogP contribution is -2.48. The number of thiophene rings is 1. The summed E-state index contributed by atoms with van der Waals surface area (Å²) in [6, 6.07) is 11.1. The molecule has 0 radical (unpaired) electrons. The molecule has 0 spiro atoms. The van der Waals surface area contributed by atoms with Crippen LogP contribution in [0.3, 0.4) is 0 Å². The van der Waals surface area contributed by atoms with Crippen LogP contribution in [0.15, 0.2) is 54.0 Å². The molecule has 1 aliphatic heterocycles. The highest BCUT2D eigenvalue weighted by Crippen LogP contribution is 2.33. The van der Waals surface area contributed by atoms with Crippen molar-refractivity contribution in [2.24, 2.45) is 0 Å². The van der Waals surface area contributed by atoms with Gasteiger partial charge < -0.3 is 9.80 Å². The molecule has 0 bridgehead atoms. The fraction of sp³-hybridized carbons (Fsp3) is 0.320. The van der Waals surface area contributed by atoms with Crippen LogP contribution in [0.1, 0.15) is 35.8 Å². The molecule has 1 saturated heterocycles. The average Bonchev–Trinajstić information content (AvgIpc) is 3.53. The van der Waals surface area contributed by atoms with Gasteiger partial charge in [-0.1, -0.05) is 12.1 Å². The number of hydrogen-bond acceptors (Lipinski definition) is 5. The predicted octanol–water partition coefficient (Wildman–Crippen LogP) is 5.72. The standard InChI is InChI=1S/C25H24F3N5OS/c1-16(2)33-23-20(15-29-33)19(14-21(30-23)22-7-4-12-35-22)24(34)32-10-8-31(9-11-32)18-6-3-5-17(13-18)25(26,27)28/h3-7,12-16H,8-11H2,1-2H3. The molecule has 35 heavy (non-hydrogen) atoms. The van der Waals surface area contributed by atoms with E-state index in [0.29, 0.717) is 48.5 Å². The number of anilines is 1. The number of halogens is 3. The molecular weight excluding hydrogens is 475 g/mol. The maximum atomic E-state index is 13.6. The second-order valence-electron chi connectivity index (χ2n) is 8.78. The molecule has 1 amide bonds. The van der Waals surface area contributed by atoms with E-state index in [4.69, 9.17) is 4.98 Å². The van der Waals surface area contributed by atoms with Crippen LogP contribution in [-0.2, 0) is 6.18 Å². The number of hydrogen-bond donors (Lipinski definition) is 0. The molecule has 4 aromatic rings. The number of rotatable bonds is 4. The van der Waals surface area contributed by atoms with Gasteiger partial charge in [0.2, 0.25) is 0 Å². The molecule has 0 N–H and O–H groups in total. The van der Waals surface area contributed by atoms with E-state index in [9.17, 15) is 18.0 Å². The SMILES string of the molecule is CC(C)n1ncc2c(C(=O)N3CCN(c4cccc(C(F)(F)F)c4)CC3)cc(-c3cccs3)nc21. The Morgan fingerprint density at radius 1 is 1.06 bits per heavy atom. The van der Waals surface area contributed by atoms with Crippen LogP contribution < -0.4 is 4.90 Å². The first-order valence-electron chi connectivity index (χ1n) is 11.4. The van der Waals surface area contributed by atoms with Gasteiger partial charge in [0.05, 0.1) is 33.3 Å². The minimum absolute atomic E-state index is 0.0811. The summed E-state index contributed by atoms with van der Waals surface area (Å²) in [6.45, 7) is 5.74. The maximum absolute atomic E-state index is 13.6. The molecule has 1 aliphatic rings. The number of amides is 1. The molecule has 5 rings (SSSR count). The zero-order chi connectivity index (χ0) is 24.7. The van der Waals surface area contributed by atoms with Crippen molar-refractivity contribution >= 4 is 34.0 Å². The van der Waals surface area contributed by atoms with E-state index in [1.54, 1.807) is 28.5 Å². The van der Waals surface area contributed by atoms with Gasteiger partial charge in [0.25, 0.3) is 5.91 Å². The number of benzene rings is 1. The molecule has 4 heterocycles. The topological polar surface area (TPSA) is 54.3 Å². The molecule has 1 fully saturated rings. The highest BCUT2D eigenvalue weighted by Gasteiger charge is 2.31. The first kappa shape index (κ1) is 23.3. The van der Waals surface area contributed by atoms with Gasteiger partial charge in [0.15, 0.2) is 5.65 Å². The fourth-order valence-corrected chi connectivity index (χ4v) is 5.03. The summed E-state index contributed by atoms with van der Waals surface area (Å²) in [5, 5.41) is 7.14. The predicted molar refractivity (Wildman–Crippen MR) is 131 cm³/mol. The fourth-order valence-electron chi connectivity index (χ4n) is 4.34. The lowest BCUT2D eigenvalue weighted by molar-refractivity contribution is -0.137. The zero-order valence-electron chi connectivity index (χ0n) is 19.3. The van der Waals surface area contributed by atoms with E-state index in [-0.39, 0.29) is 11.9 Å². The summed E-state index contributed by atoms with van der Waals surface area (Å²) in [7, 11) is 0. The van der Waals surface area contributed by atoms with E-state index in [1.807, 2.05) is 47.0 Å². The van der Waals surface area contributed by atoms with Crippen LogP contribution in [0, 0.1) is 0 Å². The molecule has 3 aromatic heterocycles. The molecule has 1 aromatic carbocycles. The molecule has 6 nitrogen and oxygen atoms in total. The normalized spacial score (nSPS) is 14.8. The number of fused-ring (bicyclic) bond motifs is 1. The zero-order valence-corrected chi connectivity index (χ0v) is 20.1. The van der Waals surface area contributed by atoms with Crippen LogP contribution in [0.25, 0.3) is 21.6 Å². The third-order valence-corrected chi connectivity index (χ3v) is 7.06. The summed E-state index contributed by atoms with van der Waals surface area (Å²) < 4.78 is 41.2. The average molecular weight is 500 g/mol. The van der Waals surface area contributed by atoms with Gasteiger partial charge in [0.1, 0.15) is 0 Å². The van der Waals surface area contributed by atoms with Gasteiger partial charge in [-0.25, -0.2) is 9.67 Å². The van der Waals surface area contributed by atoms with Crippen molar-refractivity contribution in [2.75, 3.05) is 31.1 Å². The Morgan fingerprint density at radius 2 is 1.83 bits per heavy atom. The number of nitrogens with zero attached hydrogens (tertiary/aromatic N) is 5. The van der Waals surface area contributed by atoms with Gasteiger partial charge in [0, 0.05) is 37.9 Å². The lowest BCUT2D eigenvalue weighted by Gasteiger charge is -2.36. The van der Waals surface area contributed by atoms with Crippen molar-refractivity contribution in [3.63, 3.8) is 0 Å². The number of pyridine rings is 1. The van der Waals surface area contributed by atoms with E-state index < -0.39 is 11.7 Å². The van der Waals surface area contributed by atoms with Crippen molar-refractivity contribution in [1.82, 2.24) is 19.7 Å². The highest BCUT2D eigenvalue weighted by molar-refractivity contribution is 7.13. The quantitative estimate of drug-likeness (QED) is 0.360. The van der Waals surface area contributed by atoms with Gasteiger partial charge in [-0.15, -0.1) is 11.3 Å². The number of alkyl halides is 3. The van der Waals surface area contributed by atoms with Crippen molar-refractivity contribution in [2.45, 2.75) is 26.1 Å². The Hall–Kier alpha value is -3.40. The molecule has 0 aliphatic carbocycles. The lowest BCUT2D eigenvalue weighted by atomic mass is 10.1. The van der Waals surface area contributed by atoms with Crippen LogP contribution in [-0.4, -0.2) is 51.8 Å². The summed E-state index contributed by atoms with van der Waals surface area (Å²) in [6.07, 6.45) is -2.70. The molecule has 0 saturated carbocycles.